The second-order valence-electron chi connectivity index (χ2n) is 12.0. The van der Waals surface area contributed by atoms with E-state index in [2.05, 4.69) is 4.74 Å². The molecule has 0 rings (SSSR count). The molecule has 0 aromatic heterocycles. The summed E-state index contributed by atoms with van der Waals surface area (Å²) in [6.07, 6.45) is -22.4. The average Bonchev–Trinajstić information content (AvgIpc) is 3.04. The fraction of sp³-hybridized carbons (Fsp3) is 0.960. The van der Waals surface area contributed by atoms with E-state index in [1.165, 1.54) is 0 Å². The Morgan fingerprint density at radius 1 is 0.383 bits per heavy atom. The fourth-order valence-corrected chi connectivity index (χ4v) is 4.25. The molecule has 1 atom stereocenters. The molecule has 0 saturated carbocycles. The van der Waals surface area contributed by atoms with E-state index in [0.717, 1.165) is 0 Å². The Morgan fingerprint density at radius 3 is 0.933 bits per heavy atom. The summed E-state index contributed by atoms with van der Waals surface area (Å²) in [4.78, 5) is 11.6. The number of hydrogen-bond acceptors (Lipinski definition) is 2. The van der Waals surface area contributed by atoms with E-state index in [1.807, 2.05) is 0 Å². The quantitative estimate of drug-likeness (QED) is 0.0846. The average molecular weight is 976 g/mol. The van der Waals surface area contributed by atoms with Gasteiger partial charge in [0, 0.05) is 18.8 Å². The Balaban J connectivity index is 7.56. The maximum Gasteiger partial charge on any atom is 0.460 e. The summed E-state index contributed by atoms with van der Waals surface area (Å²) in [5, 5.41) is 0. The van der Waals surface area contributed by atoms with Crippen LogP contribution < -0.4 is 0 Å². The summed E-state index contributed by atoms with van der Waals surface area (Å²) in [6, 6.07) is 0. The van der Waals surface area contributed by atoms with Gasteiger partial charge in [0.2, 0.25) is 0 Å². The molecule has 0 amide bonds. The predicted octanol–water partition coefficient (Wildman–Crippen LogP) is 12.8. The van der Waals surface area contributed by atoms with Crippen LogP contribution in [0.2, 0.25) is 0 Å². The van der Waals surface area contributed by atoms with Gasteiger partial charge >= 0.3 is 101 Å². The highest BCUT2D eigenvalue weighted by Gasteiger charge is 2.97. The van der Waals surface area contributed by atoms with Gasteiger partial charge in [-0.1, -0.05) is 6.92 Å². The first-order valence-electron chi connectivity index (χ1n) is 14.5. The lowest BCUT2D eigenvalue weighted by molar-refractivity contribution is -0.462. The van der Waals surface area contributed by atoms with Gasteiger partial charge in [-0.2, -0.15) is 145 Å². The molecular formula is C25H17F33O2. The maximum absolute atomic E-state index is 14.9. The van der Waals surface area contributed by atoms with Crippen molar-refractivity contribution in [2.45, 2.75) is 135 Å². The summed E-state index contributed by atoms with van der Waals surface area (Å²) >= 11 is 0. The van der Waals surface area contributed by atoms with Crippen molar-refractivity contribution in [3.05, 3.63) is 0 Å². The number of carbonyl (C=O) groups excluding carboxylic acids is 1. The normalized spacial score (nSPS) is 16.9. The van der Waals surface area contributed by atoms with Crippen LogP contribution in [-0.4, -0.2) is 108 Å². The first-order chi connectivity index (χ1) is 25.6. The summed E-state index contributed by atoms with van der Waals surface area (Å²) in [6.45, 7) is -1.09. The number of halogens is 33. The lowest BCUT2D eigenvalue weighted by Gasteiger charge is -2.45. The van der Waals surface area contributed by atoms with E-state index in [1.54, 1.807) is 0 Å². The molecular weight excluding hydrogens is 959 g/mol. The molecule has 0 fully saturated rings. The van der Waals surface area contributed by atoms with Gasteiger partial charge in [-0.05, 0) is 13.3 Å². The first-order valence-corrected chi connectivity index (χ1v) is 14.5. The largest absolute Gasteiger partial charge is 0.466 e. The van der Waals surface area contributed by atoms with Crippen molar-refractivity contribution in [1.29, 1.82) is 0 Å². The summed E-state index contributed by atoms with van der Waals surface area (Å²) in [5.74, 6) is -138. The van der Waals surface area contributed by atoms with Crippen molar-refractivity contribution in [3.63, 3.8) is 0 Å². The molecule has 0 aliphatic heterocycles. The molecule has 0 spiro atoms. The predicted molar refractivity (Wildman–Crippen MR) is 125 cm³/mol. The van der Waals surface area contributed by atoms with Crippen LogP contribution in [0.1, 0.15) is 39.5 Å². The Kier molecular flexibility index (Phi) is 14.7. The molecule has 2 nitrogen and oxygen atoms in total. The molecule has 0 N–H and O–H groups in total. The van der Waals surface area contributed by atoms with Crippen LogP contribution in [0.25, 0.3) is 0 Å². The molecule has 0 bridgehead atoms. The highest BCUT2D eigenvalue weighted by Crippen LogP contribution is 2.67. The number of esters is 1. The number of rotatable bonds is 21. The van der Waals surface area contributed by atoms with E-state index in [9.17, 15) is 150 Å². The van der Waals surface area contributed by atoms with Crippen LogP contribution in [0.3, 0.4) is 0 Å². The van der Waals surface area contributed by atoms with Crippen molar-refractivity contribution in [1.82, 2.24) is 0 Å². The Hall–Kier alpha value is -2.84. The summed E-state index contributed by atoms with van der Waals surface area (Å²) < 4.78 is 459. The smallest absolute Gasteiger partial charge is 0.460 e. The van der Waals surface area contributed by atoms with Crippen molar-refractivity contribution in [2.75, 3.05) is 6.61 Å². The van der Waals surface area contributed by atoms with Crippen LogP contribution in [0, 0.1) is 5.92 Å². The van der Waals surface area contributed by atoms with E-state index in [0.29, 0.717) is 6.92 Å². The number of ether oxygens (including phenoxy) is 1. The van der Waals surface area contributed by atoms with Gasteiger partial charge in [0.25, 0.3) is 0 Å². The van der Waals surface area contributed by atoms with Gasteiger partial charge in [-0.3, -0.25) is 4.79 Å². The third kappa shape index (κ3) is 7.68. The van der Waals surface area contributed by atoms with Gasteiger partial charge in [0.15, 0.2) is 0 Å². The first kappa shape index (κ1) is 57.2. The molecule has 0 aromatic carbocycles. The molecule has 0 saturated heterocycles. The Labute approximate surface area is 308 Å². The molecule has 0 aliphatic carbocycles. The standard InChI is InChI=1S/C25H17F33O2/c1-3-10(26,27)13(32,33)16(38,39)19(44,45)21(48,49)18(42,43)15(36,37)12(30,31)8(7-9(59)60-4-2)5-6-11(28,29)14(34,35)17(40,41)20(46,47)22(50,51)23(52,53)24(54,55)25(56,57)58/h8H,3-7H2,1-2H3. The van der Waals surface area contributed by atoms with Crippen LogP contribution >= 0.6 is 0 Å². The summed E-state index contributed by atoms with van der Waals surface area (Å²) in [5.41, 5.74) is 0. The SMILES string of the molecule is CCOC(=O)CC(CCC(F)(F)C(F)(F)C(F)(F)C(F)(F)C(F)(F)C(F)(F)C(F)(F)C(F)(F)F)C(F)(F)C(F)(F)C(F)(F)C(F)(F)C(F)(F)C(F)(F)C(F)(F)C(F)(F)CC. The van der Waals surface area contributed by atoms with Gasteiger partial charge in [-0.15, -0.1) is 0 Å². The third-order valence-electron chi connectivity index (χ3n) is 8.12. The number of alkyl halides is 33. The van der Waals surface area contributed by atoms with Gasteiger partial charge < -0.3 is 4.74 Å². The summed E-state index contributed by atoms with van der Waals surface area (Å²) in [7, 11) is 0. The second kappa shape index (κ2) is 15.5. The fourth-order valence-electron chi connectivity index (χ4n) is 4.25. The lowest BCUT2D eigenvalue weighted by atomic mass is 9.80. The van der Waals surface area contributed by atoms with Crippen molar-refractivity contribution in [3.8, 4) is 0 Å². The van der Waals surface area contributed by atoms with Crippen LogP contribution in [0.15, 0.2) is 0 Å². The van der Waals surface area contributed by atoms with Gasteiger partial charge in [0.05, 0.1) is 13.0 Å². The maximum atomic E-state index is 14.9. The lowest BCUT2D eigenvalue weighted by Crippen LogP contribution is -2.75. The van der Waals surface area contributed by atoms with Crippen molar-refractivity contribution >= 4 is 5.97 Å². The van der Waals surface area contributed by atoms with Crippen molar-refractivity contribution in [2.24, 2.45) is 5.92 Å². The molecule has 0 aliphatic rings. The number of hydrogen-bond donors (Lipinski definition) is 0. The highest BCUT2D eigenvalue weighted by atomic mass is 19.4. The molecule has 0 heterocycles. The molecule has 1 unspecified atom stereocenters. The van der Waals surface area contributed by atoms with Crippen LogP contribution in [0.4, 0.5) is 145 Å². The van der Waals surface area contributed by atoms with E-state index >= 15 is 0 Å². The third-order valence-corrected chi connectivity index (χ3v) is 8.12. The second-order valence-corrected chi connectivity index (χ2v) is 12.0. The zero-order chi connectivity index (χ0) is 49.4. The monoisotopic (exact) mass is 976 g/mol. The zero-order valence-corrected chi connectivity index (χ0v) is 27.9. The zero-order valence-electron chi connectivity index (χ0n) is 27.9. The molecule has 360 valence electrons. The van der Waals surface area contributed by atoms with E-state index in [4.69, 9.17) is 0 Å². The van der Waals surface area contributed by atoms with E-state index in [-0.39, 0.29) is 6.92 Å². The minimum Gasteiger partial charge on any atom is -0.466 e. The Bertz CT molecular complexity index is 1500. The Morgan fingerprint density at radius 2 is 0.650 bits per heavy atom. The van der Waals surface area contributed by atoms with Crippen molar-refractivity contribution < 1.29 is 154 Å². The van der Waals surface area contributed by atoms with Crippen LogP contribution in [0.5, 0.6) is 0 Å². The molecule has 0 radical (unpaired) electrons. The van der Waals surface area contributed by atoms with Gasteiger partial charge in [-0.25, -0.2) is 0 Å². The molecule has 35 heteroatoms. The van der Waals surface area contributed by atoms with Crippen LogP contribution in [-0.2, 0) is 9.53 Å². The molecule has 0 aromatic rings. The number of carbonyl (C=O) groups is 1. The highest BCUT2D eigenvalue weighted by molar-refractivity contribution is 5.69. The minimum absolute atomic E-state index is 0.313. The minimum atomic E-state index is -9.34. The topological polar surface area (TPSA) is 26.3 Å². The van der Waals surface area contributed by atoms with E-state index < -0.39 is 139 Å². The molecule has 60 heavy (non-hydrogen) atoms. The van der Waals surface area contributed by atoms with Gasteiger partial charge in [0.1, 0.15) is 0 Å².